The standard InChI is InChI=1S/C12H10ClNO6S2/c13-9-6-10(20-8-4-2-1-3-5-8)12(21(14,15)16)7-11(9)22(17,18)19/h1-7H,(H2,14,15,16)(H,17,18,19)/p-1. The molecule has 0 bridgehead atoms. The highest BCUT2D eigenvalue weighted by Crippen LogP contribution is 2.35. The Balaban J connectivity index is 2.66. The lowest BCUT2D eigenvalue weighted by molar-refractivity contribution is 0.458. The van der Waals surface area contributed by atoms with E-state index < -0.39 is 35.0 Å². The van der Waals surface area contributed by atoms with Crippen LogP contribution in [0, 0.1) is 0 Å². The Hall–Kier alpha value is -1.65. The molecule has 0 amide bonds. The van der Waals surface area contributed by atoms with Crippen molar-refractivity contribution in [3.63, 3.8) is 0 Å². The molecule has 2 aromatic carbocycles. The van der Waals surface area contributed by atoms with Crippen molar-refractivity contribution in [3.05, 3.63) is 47.5 Å². The summed E-state index contributed by atoms with van der Waals surface area (Å²) in [6, 6.07) is 9.58. The molecule has 0 aliphatic carbocycles. The second-order valence-corrected chi connectivity index (χ2v) is 7.43. The Kier molecular flexibility index (Phi) is 4.45. The Morgan fingerprint density at radius 2 is 1.59 bits per heavy atom. The van der Waals surface area contributed by atoms with E-state index in [1.54, 1.807) is 30.3 Å². The first kappa shape index (κ1) is 16.7. The molecule has 118 valence electrons. The number of benzene rings is 2. The molecule has 10 heteroatoms. The number of nitrogens with two attached hydrogens (primary N) is 1. The number of hydrogen-bond donors (Lipinski definition) is 1. The van der Waals surface area contributed by atoms with E-state index in [9.17, 15) is 21.4 Å². The maximum atomic E-state index is 11.6. The van der Waals surface area contributed by atoms with Crippen LogP contribution in [0.15, 0.2) is 52.3 Å². The Morgan fingerprint density at radius 3 is 2.09 bits per heavy atom. The molecule has 0 aliphatic rings. The minimum absolute atomic E-state index is 0.279. The first-order valence-electron chi connectivity index (χ1n) is 5.64. The van der Waals surface area contributed by atoms with Gasteiger partial charge >= 0.3 is 0 Å². The van der Waals surface area contributed by atoms with E-state index in [4.69, 9.17) is 21.5 Å². The van der Waals surface area contributed by atoms with Gasteiger partial charge < -0.3 is 9.29 Å². The molecule has 0 radical (unpaired) electrons. The van der Waals surface area contributed by atoms with Gasteiger partial charge in [-0.15, -0.1) is 0 Å². The van der Waals surface area contributed by atoms with Crippen molar-refractivity contribution in [1.82, 2.24) is 0 Å². The molecule has 7 nitrogen and oxygen atoms in total. The van der Waals surface area contributed by atoms with Crippen LogP contribution < -0.4 is 9.88 Å². The maximum absolute atomic E-state index is 11.6. The zero-order chi connectivity index (χ0) is 16.5. The van der Waals surface area contributed by atoms with Gasteiger partial charge in [0.25, 0.3) is 0 Å². The van der Waals surface area contributed by atoms with Gasteiger partial charge in [0.15, 0.2) is 0 Å². The molecule has 0 heterocycles. The fraction of sp³-hybridized carbons (Fsp3) is 0. The summed E-state index contributed by atoms with van der Waals surface area (Å²) in [7, 11) is -9.30. The van der Waals surface area contributed by atoms with Crippen molar-refractivity contribution in [2.45, 2.75) is 9.79 Å². The average Bonchev–Trinajstić information content (AvgIpc) is 2.37. The predicted octanol–water partition coefficient (Wildman–Crippen LogP) is 1.68. The number of ether oxygens (including phenoxy) is 1. The van der Waals surface area contributed by atoms with Crippen molar-refractivity contribution in [2.75, 3.05) is 0 Å². The van der Waals surface area contributed by atoms with Gasteiger partial charge in [-0.3, -0.25) is 0 Å². The normalized spacial score (nSPS) is 12.1. The fourth-order valence-corrected chi connectivity index (χ4v) is 3.36. The number of rotatable bonds is 4. The SMILES string of the molecule is NS(=O)(=O)c1cc(S(=O)(=O)[O-])c(Cl)cc1Oc1ccccc1. The summed E-state index contributed by atoms with van der Waals surface area (Å²) < 4.78 is 61.8. The monoisotopic (exact) mass is 362 g/mol. The molecule has 2 rings (SSSR count). The highest BCUT2D eigenvalue weighted by atomic mass is 35.5. The smallest absolute Gasteiger partial charge is 0.241 e. The number of para-hydroxylation sites is 1. The van der Waals surface area contributed by atoms with Crippen LogP contribution in [0.1, 0.15) is 0 Å². The molecule has 2 aromatic rings. The van der Waals surface area contributed by atoms with Gasteiger partial charge in [0.05, 0.1) is 9.92 Å². The largest absolute Gasteiger partial charge is 0.744 e. The molecule has 0 aliphatic heterocycles. The lowest BCUT2D eigenvalue weighted by Crippen LogP contribution is -2.14. The summed E-state index contributed by atoms with van der Waals surface area (Å²) in [6.45, 7) is 0. The van der Waals surface area contributed by atoms with Crippen LogP contribution in [0.5, 0.6) is 11.5 Å². The first-order chi connectivity index (χ1) is 10.1. The van der Waals surface area contributed by atoms with Crippen LogP contribution in [-0.4, -0.2) is 21.4 Å². The molecule has 0 spiro atoms. The van der Waals surface area contributed by atoms with Gasteiger partial charge in [-0.2, -0.15) is 0 Å². The van der Waals surface area contributed by atoms with Gasteiger partial charge in [0.1, 0.15) is 26.5 Å². The van der Waals surface area contributed by atoms with Crippen molar-refractivity contribution >= 4 is 31.7 Å². The lowest BCUT2D eigenvalue weighted by atomic mass is 10.3. The van der Waals surface area contributed by atoms with Gasteiger partial charge in [-0.1, -0.05) is 29.8 Å². The molecule has 0 fully saturated rings. The number of sulfonamides is 1. The predicted molar refractivity (Wildman–Crippen MR) is 77.3 cm³/mol. The lowest BCUT2D eigenvalue weighted by Gasteiger charge is -2.15. The number of halogens is 1. The molecule has 0 unspecified atom stereocenters. The minimum atomic E-state index is -4.96. The molecule has 0 saturated carbocycles. The first-order valence-corrected chi connectivity index (χ1v) is 8.97. The van der Waals surface area contributed by atoms with E-state index in [0.717, 1.165) is 6.07 Å². The second kappa shape index (κ2) is 5.86. The average molecular weight is 363 g/mol. The van der Waals surface area contributed by atoms with Gasteiger partial charge in [0, 0.05) is 6.07 Å². The van der Waals surface area contributed by atoms with Gasteiger partial charge in [0.2, 0.25) is 10.0 Å². The summed E-state index contributed by atoms with van der Waals surface area (Å²) in [5.41, 5.74) is 0. The molecule has 0 saturated heterocycles. The molecular weight excluding hydrogens is 354 g/mol. The molecule has 0 atom stereocenters. The van der Waals surface area contributed by atoms with Crippen LogP contribution in [0.3, 0.4) is 0 Å². The number of primary sulfonamides is 1. The van der Waals surface area contributed by atoms with E-state index in [2.05, 4.69) is 0 Å². The van der Waals surface area contributed by atoms with Crippen LogP contribution in [0.25, 0.3) is 0 Å². The molecule has 22 heavy (non-hydrogen) atoms. The van der Waals surface area contributed by atoms with E-state index in [-0.39, 0.29) is 11.5 Å². The zero-order valence-electron chi connectivity index (χ0n) is 10.8. The fourth-order valence-electron chi connectivity index (χ4n) is 1.63. The molecular formula is C12H9ClNO6S2-. The highest BCUT2D eigenvalue weighted by Gasteiger charge is 2.21. The van der Waals surface area contributed by atoms with Gasteiger partial charge in [-0.25, -0.2) is 22.0 Å². The summed E-state index contributed by atoms with van der Waals surface area (Å²) in [6.07, 6.45) is 0. The van der Waals surface area contributed by atoms with Gasteiger partial charge in [-0.05, 0) is 18.2 Å². The highest BCUT2D eigenvalue weighted by molar-refractivity contribution is 7.89. The Bertz CT molecular complexity index is 910. The number of hydrogen-bond acceptors (Lipinski definition) is 6. The second-order valence-electron chi connectivity index (χ2n) is 4.14. The maximum Gasteiger partial charge on any atom is 0.241 e. The minimum Gasteiger partial charge on any atom is -0.744 e. The summed E-state index contributed by atoms with van der Waals surface area (Å²) in [4.78, 5) is -1.55. The van der Waals surface area contributed by atoms with Crippen molar-refractivity contribution < 1.29 is 26.1 Å². The quantitative estimate of drug-likeness (QED) is 0.824. The van der Waals surface area contributed by atoms with E-state index >= 15 is 0 Å². The van der Waals surface area contributed by atoms with Crippen molar-refractivity contribution in [1.29, 1.82) is 0 Å². The van der Waals surface area contributed by atoms with Crippen LogP contribution in [-0.2, 0) is 20.1 Å². The third-order valence-corrected chi connectivity index (χ3v) is 4.78. The molecule has 2 N–H and O–H groups in total. The summed E-state index contributed by atoms with van der Waals surface area (Å²) >= 11 is 5.71. The Labute approximate surface area is 132 Å². The van der Waals surface area contributed by atoms with Crippen molar-refractivity contribution in [2.24, 2.45) is 5.14 Å². The Morgan fingerprint density at radius 1 is 1.00 bits per heavy atom. The van der Waals surface area contributed by atoms with Crippen LogP contribution in [0.2, 0.25) is 5.02 Å². The van der Waals surface area contributed by atoms with Crippen LogP contribution >= 0.6 is 11.6 Å². The molecule has 0 aromatic heterocycles. The van der Waals surface area contributed by atoms with Crippen LogP contribution in [0.4, 0.5) is 0 Å². The third-order valence-electron chi connectivity index (χ3n) is 2.55. The summed E-state index contributed by atoms with van der Waals surface area (Å²) in [5, 5.41) is 4.56. The summed E-state index contributed by atoms with van der Waals surface area (Å²) in [5.74, 6) is -0.00713. The topological polar surface area (TPSA) is 127 Å². The third kappa shape index (κ3) is 3.76. The van der Waals surface area contributed by atoms with E-state index in [1.165, 1.54) is 0 Å². The zero-order valence-corrected chi connectivity index (χ0v) is 13.2. The van der Waals surface area contributed by atoms with Crippen molar-refractivity contribution in [3.8, 4) is 11.5 Å². The van der Waals surface area contributed by atoms with E-state index in [1.807, 2.05) is 0 Å². The van der Waals surface area contributed by atoms with E-state index in [0.29, 0.717) is 6.07 Å².